The number of esters is 1. The Hall–Kier alpha value is -1.88. The smallest absolute Gasteiger partial charge is 0.319 e. The van der Waals surface area contributed by atoms with E-state index in [2.05, 4.69) is 15.4 Å². The van der Waals surface area contributed by atoms with Crippen LogP contribution in [-0.4, -0.2) is 31.6 Å². The minimum atomic E-state index is -0.467. The normalized spacial score (nSPS) is 11.7. The predicted octanol–water partition coefficient (Wildman–Crippen LogP) is 1.08. The molecule has 0 saturated carbocycles. The number of hydrogen-bond acceptors (Lipinski definition) is 4. The van der Waals surface area contributed by atoms with Gasteiger partial charge in [0.2, 0.25) is 5.91 Å². The number of aryl methyl sites for hydroxylation is 1. The van der Waals surface area contributed by atoms with Crippen LogP contribution in [-0.2, 0) is 14.3 Å². The van der Waals surface area contributed by atoms with Crippen molar-refractivity contribution in [2.24, 2.45) is 0 Å². The van der Waals surface area contributed by atoms with Crippen molar-refractivity contribution in [1.82, 2.24) is 5.32 Å². The minimum absolute atomic E-state index is 0.0129. The van der Waals surface area contributed by atoms with Crippen molar-refractivity contribution >= 4 is 17.6 Å². The molecule has 0 aliphatic rings. The van der Waals surface area contributed by atoms with Crippen molar-refractivity contribution in [2.45, 2.75) is 19.9 Å². The Labute approximate surface area is 107 Å². The third-order valence-corrected chi connectivity index (χ3v) is 2.49. The molecule has 1 aromatic carbocycles. The molecule has 1 unspecified atom stereocenters. The van der Waals surface area contributed by atoms with E-state index in [-0.39, 0.29) is 12.5 Å². The van der Waals surface area contributed by atoms with Crippen LogP contribution in [0.1, 0.15) is 12.5 Å². The highest BCUT2D eigenvalue weighted by Gasteiger charge is 2.13. The maximum atomic E-state index is 11.8. The van der Waals surface area contributed by atoms with Gasteiger partial charge in [0.1, 0.15) is 0 Å². The molecular formula is C13H18N2O3. The molecule has 0 aliphatic heterocycles. The van der Waals surface area contributed by atoms with Crippen LogP contribution >= 0.6 is 0 Å². The largest absolute Gasteiger partial charge is 0.468 e. The lowest BCUT2D eigenvalue weighted by Gasteiger charge is -2.13. The van der Waals surface area contributed by atoms with Gasteiger partial charge in [-0.05, 0) is 26.0 Å². The van der Waals surface area contributed by atoms with Crippen molar-refractivity contribution in [2.75, 3.05) is 19.0 Å². The van der Waals surface area contributed by atoms with Crippen molar-refractivity contribution in [3.8, 4) is 0 Å². The Balaban J connectivity index is 2.44. The fraction of sp³-hybridized carbons (Fsp3) is 0.385. The van der Waals surface area contributed by atoms with E-state index in [1.54, 1.807) is 6.92 Å². The number of amides is 1. The molecule has 0 saturated heterocycles. The zero-order valence-corrected chi connectivity index (χ0v) is 10.8. The summed E-state index contributed by atoms with van der Waals surface area (Å²) in [5.74, 6) is -0.590. The fourth-order valence-electron chi connectivity index (χ4n) is 1.29. The molecule has 1 amide bonds. The van der Waals surface area contributed by atoms with Gasteiger partial charge >= 0.3 is 5.97 Å². The molecule has 0 bridgehead atoms. The Morgan fingerprint density at radius 2 is 1.89 bits per heavy atom. The van der Waals surface area contributed by atoms with Gasteiger partial charge in [-0.1, -0.05) is 17.7 Å². The second kappa shape index (κ2) is 6.76. The number of hydrogen-bond donors (Lipinski definition) is 2. The van der Waals surface area contributed by atoms with Crippen LogP contribution in [0.4, 0.5) is 5.69 Å². The van der Waals surface area contributed by atoms with Gasteiger partial charge in [0.05, 0.1) is 19.7 Å². The molecule has 0 aromatic heterocycles. The molecule has 0 radical (unpaired) electrons. The Kier molecular flexibility index (Phi) is 5.32. The molecule has 1 rings (SSSR count). The summed E-state index contributed by atoms with van der Waals surface area (Å²) in [7, 11) is 1.31. The van der Waals surface area contributed by atoms with E-state index in [9.17, 15) is 9.59 Å². The van der Waals surface area contributed by atoms with Crippen LogP contribution in [0.3, 0.4) is 0 Å². The monoisotopic (exact) mass is 250 g/mol. The molecule has 5 nitrogen and oxygen atoms in total. The molecule has 5 heteroatoms. The van der Waals surface area contributed by atoms with Gasteiger partial charge in [0, 0.05) is 5.69 Å². The highest BCUT2D eigenvalue weighted by Crippen LogP contribution is 2.08. The third kappa shape index (κ3) is 4.55. The van der Waals surface area contributed by atoms with Crippen molar-refractivity contribution in [3.63, 3.8) is 0 Å². The Morgan fingerprint density at radius 1 is 1.28 bits per heavy atom. The molecule has 0 fully saturated rings. The highest BCUT2D eigenvalue weighted by atomic mass is 16.5. The first kappa shape index (κ1) is 14.2. The lowest BCUT2D eigenvalue weighted by atomic mass is 10.2. The lowest BCUT2D eigenvalue weighted by molar-refractivity contribution is -0.139. The van der Waals surface area contributed by atoms with E-state index in [4.69, 9.17) is 0 Å². The minimum Gasteiger partial charge on any atom is -0.468 e. The van der Waals surface area contributed by atoms with Crippen molar-refractivity contribution < 1.29 is 14.3 Å². The number of carbonyl (C=O) groups excluding carboxylic acids is 2. The number of benzene rings is 1. The van der Waals surface area contributed by atoms with Crippen LogP contribution in [0.25, 0.3) is 0 Å². The number of nitrogens with one attached hydrogen (secondary N) is 2. The standard InChI is InChI=1S/C13H18N2O3/c1-9-4-6-11(7-5-9)15-13(17)10(2)14-8-12(16)18-3/h4-7,10,14H,8H2,1-3H3,(H,15,17). The van der Waals surface area contributed by atoms with Gasteiger partial charge in [-0.3, -0.25) is 14.9 Å². The van der Waals surface area contributed by atoms with Gasteiger partial charge in [-0.15, -0.1) is 0 Å². The van der Waals surface area contributed by atoms with E-state index >= 15 is 0 Å². The van der Waals surface area contributed by atoms with E-state index in [0.717, 1.165) is 11.3 Å². The average Bonchev–Trinajstić information content (AvgIpc) is 2.38. The molecule has 1 atom stereocenters. The van der Waals surface area contributed by atoms with Gasteiger partial charge in [-0.2, -0.15) is 0 Å². The van der Waals surface area contributed by atoms with Crippen LogP contribution < -0.4 is 10.6 Å². The molecular weight excluding hydrogens is 232 g/mol. The quantitative estimate of drug-likeness (QED) is 0.767. The zero-order valence-electron chi connectivity index (χ0n) is 10.8. The topological polar surface area (TPSA) is 67.4 Å². The number of anilines is 1. The second-order valence-electron chi connectivity index (χ2n) is 4.03. The summed E-state index contributed by atoms with van der Waals surface area (Å²) >= 11 is 0. The summed E-state index contributed by atoms with van der Waals surface area (Å²) in [6, 6.07) is 7.04. The van der Waals surface area contributed by atoms with Crippen molar-refractivity contribution in [3.05, 3.63) is 29.8 Å². The molecule has 2 N–H and O–H groups in total. The zero-order chi connectivity index (χ0) is 13.5. The lowest BCUT2D eigenvalue weighted by Crippen LogP contribution is -2.40. The van der Waals surface area contributed by atoms with E-state index in [1.807, 2.05) is 31.2 Å². The highest BCUT2D eigenvalue weighted by molar-refractivity contribution is 5.94. The first-order valence-electron chi connectivity index (χ1n) is 5.70. The molecule has 18 heavy (non-hydrogen) atoms. The fourth-order valence-corrected chi connectivity index (χ4v) is 1.29. The van der Waals surface area contributed by atoms with E-state index in [1.165, 1.54) is 7.11 Å². The van der Waals surface area contributed by atoms with Crippen LogP contribution in [0.2, 0.25) is 0 Å². The maximum absolute atomic E-state index is 11.8. The first-order chi connectivity index (χ1) is 8.52. The summed E-state index contributed by atoms with van der Waals surface area (Å²) < 4.78 is 4.48. The maximum Gasteiger partial charge on any atom is 0.319 e. The predicted molar refractivity (Wildman–Crippen MR) is 69.3 cm³/mol. The molecule has 0 aliphatic carbocycles. The second-order valence-corrected chi connectivity index (χ2v) is 4.03. The number of carbonyl (C=O) groups is 2. The SMILES string of the molecule is COC(=O)CNC(C)C(=O)Nc1ccc(C)cc1. The van der Waals surface area contributed by atoms with Gasteiger partial charge in [0.15, 0.2) is 0 Å². The van der Waals surface area contributed by atoms with E-state index < -0.39 is 12.0 Å². The Bertz CT molecular complexity index is 415. The molecule has 0 spiro atoms. The van der Waals surface area contributed by atoms with Gasteiger partial charge < -0.3 is 10.1 Å². The number of methoxy groups -OCH3 is 1. The summed E-state index contributed by atoms with van der Waals surface area (Å²) in [5, 5.41) is 5.54. The van der Waals surface area contributed by atoms with Crippen LogP contribution in [0.5, 0.6) is 0 Å². The summed E-state index contributed by atoms with van der Waals surface area (Å²) in [4.78, 5) is 22.7. The summed E-state index contributed by atoms with van der Waals surface area (Å²) in [5.41, 5.74) is 1.86. The third-order valence-electron chi connectivity index (χ3n) is 2.49. The van der Waals surface area contributed by atoms with Gasteiger partial charge in [0.25, 0.3) is 0 Å². The van der Waals surface area contributed by atoms with E-state index in [0.29, 0.717) is 0 Å². The first-order valence-corrected chi connectivity index (χ1v) is 5.70. The van der Waals surface area contributed by atoms with Crippen LogP contribution in [0, 0.1) is 6.92 Å². The average molecular weight is 250 g/mol. The van der Waals surface area contributed by atoms with Crippen LogP contribution in [0.15, 0.2) is 24.3 Å². The number of rotatable bonds is 5. The summed E-state index contributed by atoms with van der Waals surface area (Å²) in [6.07, 6.45) is 0. The molecule has 98 valence electrons. The molecule has 0 heterocycles. The van der Waals surface area contributed by atoms with Crippen molar-refractivity contribution in [1.29, 1.82) is 0 Å². The summed E-state index contributed by atoms with van der Waals surface area (Å²) in [6.45, 7) is 3.68. The van der Waals surface area contributed by atoms with Gasteiger partial charge in [-0.25, -0.2) is 0 Å². The molecule has 1 aromatic rings. The number of ether oxygens (including phenoxy) is 1. The Morgan fingerprint density at radius 3 is 2.44 bits per heavy atom.